The number of carbonyl (C=O) groups excluding carboxylic acids is 1. The lowest BCUT2D eigenvalue weighted by Gasteiger charge is -2.32. The number of anilines is 1. The molecule has 1 aliphatic carbocycles. The highest BCUT2D eigenvalue weighted by Gasteiger charge is 2.32. The van der Waals surface area contributed by atoms with Crippen molar-refractivity contribution in [1.29, 1.82) is 0 Å². The second kappa shape index (κ2) is 12.7. The minimum Gasteiger partial charge on any atom is -0.342 e. The first-order chi connectivity index (χ1) is 18.1. The molecule has 4 rings (SSSR count). The highest BCUT2D eigenvalue weighted by Crippen LogP contribution is 2.36. The standard InChI is InChI=1S/C27H31Cl3N4O3S/c1-20(3-12-27(35)33(18-21-4-5-21)15-2-14-32-16-13-31-19-32)34(26-17-23(29)8-11-25(26)30)38(36,37)24-9-6-22(28)7-10-24/h6-11,13,16-17,19-21H,2-5,12,14-15,18H2,1H3/t20-/m1/s1. The van der Waals surface area contributed by atoms with Crippen molar-refractivity contribution < 1.29 is 13.2 Å². The van der Waals surface area contributed by atoms with Crippen molar-refractivity contribution in [3.8, 4) is 0 Å². The largest absolute Gasteiger partial charge is 0.342 e. The molecule has 204 valence electrons. The van der Waals surface area contributed by atoms with E-state index in [1.807, 2.05) is 15.7 Å². The predicted molar refractivity (Wildman–Crippen MR) is 152 cm³/mol. The van der Waals surface area contributed by atoms with Crippen LogP contribution in [0.5, 0.6) is 0 Å². The van der Waals surface area contributed by atoms with E-state index in [2.05, 4.69) is 4.98 Å². The summed E-state index contributed by atoms with van der Waals surface area (Å²) in [6, 6.07) is 10.1. The van der Waals surface area contributed by atoms with E-state index in [1.165, 1.54) is 34.6 Å². The Morgan fingerprint density at radius 3 is 2.47 bits per heavy atom. The molecule has 1 aliphatic rings. The minimum absolute atomic E-state index is 0.0235. The maximum Gasteiger partial charge on any atom is 0.264 e. The van der Waals surface area contributed by atoms with E-state index < -0.39 is 16.1 Å². The number of amides is 1. The molecule has 0 unspecified atom stereocenters. The van der Waals surface area contributed by atoms with Gasteiger partial charge in [0.25, 0.3) is 10.0 Å². The molecule has 1 fully saturated rings. The number of halogens is 3. The number of carbonyl (C=O) groups is 1. The average molecular weight is 598 g/mol. The van der Waals surface area contributed by atoms with Crippen molar-refractivity contribution in [3.63, 3.8) is 0 Å². The number of benzene rings is 2. The van der Waals surface area contributed by atoms with Crippen LogP contribution in [0.25, 0.3) is 0 Å². The van der Waals surface area contributed by atoms with E-state index >= 15 is 0 Å². The molecule has 0 spiro atoms. The molecular formula is C27H31Cl3N4O3S. The van der Waals surface area contributed by atoms with Gasteiger partial charge in [-0.1, -0.05) is 34.8 Å². The molecule has 38 heavy (non-hydrogen) atoms. The first-order valence-electron chi connectivity index (χ1n) is 12.6. The number of aromatic nitrogens is 2. The normalized spacial score (nSPS) is 14.3. The zero-order valence-electron chi connectivity index (χ0n) is 21.1. The van der Waals surface area contributed by atoms with E-state index in [4.69, 9.17) is 34.8 Å². The van der Waals surface area contributed by atoms with Gasteiger partial charge in [0.05, 0.1) is 21.9 Å². The van der Waals surface area contributed by atoms with E-state index in [0.717, 1.165) is 32.4 Å². The van der Waals surface area contributed by atoms with Crippen LogP contribution in [0.4, 0.5) is 5.69 Å². The fraction of sp³-hybridized carbons (Fsp3) is 0.407. The van der Waals surface area contributed by atoms with Gasteiger partial charge in [0.2, 0.25) is 5.91 Å². The maximum absolute atomic E-state index is 13.8. The lowest BCUT2D eigenvalue weighted by atomic mass is 10.1. The van der Waals surface area contributed by atoms with E-state index in [-0.39, 0.29) is 27.9 Å². The molecule has 0 radical (unpaired) electrons. The number of rotatable bonds is 13. The van der Waals surface area contributed by atoms with Gasteiger partial charge in [-0.3, -0.25) is 9.10 Å². The SMILES string of the molecule is C[C@H](CCC(=O)N(CCCn1ccnc1)CC1CC1)N(c1cc(Cl)ccc1Cl)S(=O)(=O)c1ccc(Cl)cc1. The molecule has 1 aromatic heterocycles. The Bertz CT molecular complexity index is 1330. The summed E-state index contributed by atoms with van der Waals surface area (Å²) in [7, 11) is -4.03. The van der Waals surface area contributed by atoms with Crippen LogP contribution in [0.2, 0.25) is 15.1 Å². The summed E-state index contributed by atoms with van der Waals surface area (Å²) in [6.45, 7) is 3.95. The third kappa shape index (κ3) is 7.44. The smallest absolute Gasteiger partial charge is 0.264 e. The van der Waals surface area contributed by atoms with E-state index in [0.29, 0.717) is 28.9 Å². The first-order valence-corrected chi connectivity index (χ1v) is 15.2. The van der Waals surface area contributed by atoms with Gasteiger partial charge < -0.3 is 9.47 Å². The Morgan fingerprint density at radius 2 is 1.82 bits per heavy atom. The van der Waals surface area contributed by atoms with Crippen LogP contribution in [0.1, 0.15) is 39.0 Å². The molecule has 7 nitrogen and oxygen atoms in total. The van der Waals surface area contributed by atoms with E-state index in [1.54, 1.807) is 31.6 Å². The van der Waals surface area contributed by atoms with Crippen LogP contribution in [0.15, 0.2) is 66.1 Å². The molecule has 1 amide bonds. The lowest BCUT2D eigenvalue weighted by molar-refractivity contribution is -0.131. The van der Waals surface area contributed by atoms with Crippen molar-refractivity contribution in [3.05, 3.63) is 76.3 Å². The maximum atomic E-state index is 13.8. The summed E-state index contributed by atoms with van der Waals surface area (Å²) < 4.78 is 30.9. The molecule has 3 aromatic rings. The fourth-order valence-corrected chi connectivity index (χ4v) is 6.63. The van der Waals surface area contributed by atoms with Gasteiger partial charge in [0.15, 0.2) is 0 Å². The van der Waals surface area contributed by atoms with Gasteiger partial charge in [-0.2, -0.15) is 0 Å². The van der Waals surface area contributed by atoms with Crippen LogP contribution >= 0.6 is 34.8 Å². The van der Waals surface area contributed by atoms with Crippen LogP contribution < -0.4 is 4.31 Å². The second-order valence-corrected chi connectivity index (χ2v) is 12.8. The Kier molecular flexibility index (Phi) is 9.63. The Morgan fingerprint density at radius 1 is 1.11 bits per heavy atom. The zero-order valence-corrected chi connectivity index (χ0v) is 24.2. The number of imidazole rings is 1. The molecule has 1 saturated carbocycles. The molecule has 11 heteroatoms. The summed E-state index contributed by atoms with van der Waals surface area (Å²) in [5, 5.41) is 1.04. The number of hydrogen-bond acceptors (Lipinski definition) is 4. The second-order valence-electron chi connectivity index (χ2n) is 9.68. The summed E-state index contributed by atoms with van der Waals surface area (Å²) in [6.07, 6.45) is 9.05. The summed E-state index contributed by atoms with van der Waals surface area (Å²) >= 11 is 18.7. The zero-order chi connectivity index (χ0) is 27.3. The molecule has 0 saturated heterocycles. The highest BCUT2D eigenvalue weighted by molar-refractivity contribution is 7.92. The molecule has 0 aliphatic heterocycles. The van der Waals surface area contributed by atoms with Gasteiger partial charge in [0, 0.05) is 54.5 Å². The quantitative estimate of drug-likeness (QED) is 0.224. The molecule has 0 bridgehead atoms. The van der Waals surface area contributed by atoms with Crippen LogP contribution in [-0.4, -0.2) is 47.9 Å². The topological polar surface area (TPSA) is 75.5 Å². The van der Waals surface area contributed by atoms with Gasteiger partial charge >= 0.3 is 0 Å². The molecule has 1 atom stereocenters. The molecule has 1 heterocycles. The average Bonchev–Trinajstić information content (AvgIpc) is 3.55. The summed E-state index contributed by atoms with van der Waals surface area (Å²) in [5.41, 5.74) is 0.268. The molecule has 0 N–H and O–H groups in total. The van der Waals surface area contributed by atoms with Crippen molar-refractivity contribution >= 4 is 56.4 Å². The van der Waals surface area contributed by atoms with Crippen LogP contribution in [0.3, 0.4) is 0 Å². The van der Waals surface area contributed by atoms with Crippen LogP contribution in [0, 0.1) is 5.92 Å². The monoisotopic (exact) mass is 596 g/mol. The van der Waals surface area contributed by atoms with Crippen molar-refractivity contribution in [2.75, 3.05) is 17.4 Å². The number of hydrogen-bond donors (Lipinski definition) is 0. The van der Waals surface area contributed by atoms with Crippen molar-refractivity contribution in [1.82, 2.24) is 14.5 Å². The summed E-state index contributed by atoms with van der Waals surface area (Å²) in [5.74, 6) is 0.576. The summed E-state index contributed by atoms with van der Waals surface area (Å²) in [4.78, 5) is 19.4. The highest BCUT2D eigenvalue weighted by atomic mass is 35.5. The van der Waals surface area contributed by atoms with Crippen molar-refractivity contribution in [2.45, 2.75) is 56.5 Å². The van der Waals surface area contributed by atoms with Gasteiger partial charge in [0.1, 0.15) is 0 Å². The Hall–Kier alpha value is -2.26. The third-order valence-corrected chi connectivity index (χ3v) is 9.37. The van der Waals surface area contributed by atoms with Gasteiger partial charge in [-0.05, 0) is 81.0 Å². The van der Waals surface area contributed by atoms with Crippen LogP contribution in [-0.2, 0) is 21.4 Å². The third-order valence-electron chi connectivity index (χ3n) is 6.62. The number of aryl methyl sites for hydroxylation is 1. The van der Waals surface area contributed by atoms with E-state index in [9.17, 15) is 13.2 Å². The number of sulfonamides is 1. The molecular weight excluding hydrogens is 567 g/mol. The predicted octanol–water partition coefficient (Wildman–Crippen LogP) is 6.54. The Labute approximate surface area is 239 Å². The Balaban J connectivity index is 1.50. The molecule has 2 aromatic carbocycles. The fourth-order valence-electron chi connectivity index (χ4n) is 4.38. The van der Waals surface area contributed by atoms with Crippen molar-refractivity contribution in [2.24, 2.45) is 5.92 Å². The van der Waals surface area contributed by atoms with Gasteiger partial charge in [-0.15, -0.1) is 0 Å². The van der Waals surface area contributed by atoms with Gasteiger partial charge in [-0.25, -0.2) is 13.4 Å². The lowest BCUT2D eigenvalue weighted by Crippen LogP contribution is -2.40. The first kappa shape index (κ1) is 28.7. The number of nitrogens with zero attached hydrogens (tertiary/aromatic N) is 4. The minimum atomic E-state index is -4.03.